The quantitative estimate of drug-likeness (QED) is 0.924. The molecule has 1 fully saturated rings. The summed E-state index contributed by atoms with van der Waals surface area (Å²) in [7, 11) is 0. The summed E-state index contributed by atoms with van der Waals surface area (Å²) in [5.74, 6) is 0.320. The van der Waals surface area contributed by atoms with E-state index in [1.165, 1.54) is 12.1 Å². The lowest BCUT2D eigenvalue weighted by Crippen LogP contribution is -2.37. The maximum Gasteiger partial charge on any atom is 0.573 e. The largest absolute Gasteiger partial charge is 0.573 e. The molecule has 1 unspecified atom stereocenters. The second-order valence-corrected chi connectivity index (χ2v) is 5.17. The molecule has 0 aromatic heterocycles. The highest BCUT2D eigenvalue weighted by Crippen LogP contribution is 2.24. The molecule has 0 spiro atoms. The van der Waals surface area contributed by atoms with Crippen LogP contribution in [-0.2, 0) is 6.54 Å². The zero-order valence-electron chi connectivity index (χ0n) is 11.6. The fourth-order valence-corrected chi connectivity index (χ4v) is 2.59. The molecule has 0 amide bonds. The highest BCUT2D eigenvalue weighted by Gasteiger charge is 2.31. The minimum Gasteiger partial charge on any atom is -0.406 e. The monoisotopic (exact) mass is 324 g/mol. The molecule has 7 heteroatoms. The van der Waals surface area contributed by atoms with Crippen LogP contribution in [0, 0.1) is 5.92 Å². The zero-order valence-corrected chi connectivity index (χ0v) is 12.4. The van der Waals surface area contributed by atoms with Gasteiger partial charge in [0.15, 0.2) is 0 Å². The third kappa shape index (κ3) is 6.11. The topological polar surface area (TPSA) is 38.5 Å². The molecule has 0 aliphatic carbocycles. The van der Waals surface area contributed by atoms with E-state index in [0.717, 1.165) is 31.5 Å². The van der Waals surface area contributed by atoms with E-state index in [1.807, 2.05) is 6.07 Å². The number of nitrogens with zero attached hydrogens (tertiary/aromatic N) is 1. The molecule has 1 aromatic rings. The van der Waals surface area contributed by atoms with Crippen LogP contribution in [0.5, 0.6) is 5.75 Å². The molecule has 2 rings (SSSR count). The number of rotatable bonds is 4. The Morgan fingerprint density at radius 3 is 2.76 bits per heavy atom. The third-order valence-corrected chi connectivity index (χ3v) is 3.47. The summed E-state index contributed by atoms with van der Waals surface area (Å²) in [6, 6.07) is 6.16. The van der Waals surface area contributed by atoms with Gasteiger partial charge in [-0.05, 0) is 49.5 Å². The van der Waals surface area contributed by atoms with Crippen LogP contribution in [0.1, 0.15) is 18.4 Å². The Balaban J connectivity index is 0.00000220. The lowest BCUT2D eigenvalue weighted by atomic mass is 9.98. The fourth-order valence-electron chi connectivity index (χ4n) is 2.59. The van der Waals surface area contributed by atoms with Crippen molar-refractivity contribution in [3.05, 3.63) is 29.8 Å². The number of benzene rings is 1. The number of ether oxygens (including phenoxy) is 1. The number of hydrogen-bond acceptors (Lipinski definition) is 3. The van der Waals surface area contributed by atoms with Crippen molar-refractivity contribution < 1.29 is 17.9 Å². The predicted molar refractivity (Wildman–Crippen MR) is 77.4 cm³/mol. The molecule has 3 nitrogen and oxygen atoms in total. The number of alkyl halides is 3. The van der Waals surface area contributed by atoms with E-state index >= 15 is 0 Å². The van der Waals surface area contributed by atoms with Crippen molar-refractivity contribution in [3.63, 3.8) is 0 Å². The standard InChI is InChI=1S/C14H19F3N2O.ClH/c15-14(16,17)20-13-5-1-3-11(7-13)9-19-6-2-4-12(8-18)10-19;/h1,3,5,7,12H,2,4,6,8-10,18H2;1H. The highest BCUT2D eigenvalue weighted by atomic mass is 35.5. The van der Waals surface area contributed by atoms with Crippen molar-refractivity contribution in [2.24, 2.45) is 11.7 Å². The van der Waals surface area contributed by atoms with Crippen LogP contribution in [0.3, 0.4) is 0 Å². The van der Waals surface area contributed by atoms with Gasteiger partial charge < -0.3 is 10.5 Å². The summed E-state index contributed by atoms with van der Waals surface area (Å²) in [6.07, 6.45) is -2.43. The van der Waals surface area contributed by atoms with Crippen LogP contribution in [0.15, 0.2) is 24.3 Å². The number of piperidine rings is 1. The summed E-state index contributed by atoms with van der Waals surface area (Å²) in [5, 5.41) is 0. The molecule has 0 saturated carbocycles. The SMILES string of the molecule is Cl.NCC1CCCN(Cc2cccc(OC(F)(F)F)c2)C1. The Kier molecular flexibility index (Phi) is 6.77. The first-order valence-electron chi connectivity index (χ1n) is 6.73. The first-order valence-corrected chi connectivity index (χ1v) is 6.73. The molecule has 21 heavy (non-hydrogen) atoms. The van der Waals surface area contributed by atoms with Crippen molar-refractivity contribution in [1.29, 1.82) is 0 Å². The summed E-state index contributed by atoms with van der Waals surface area (Å²) >= 11 is 0. The van der Waals surface area contributed by atoms with Gasteiger partial charge in [0.25, 0.3) is 0 Å². The Bertz CT molecular complexity index is 442. The van der Waals surface area contributed by atoms with Crippen molar-refractivity contribution in [3.8, 4) is 5.75 Å². The molecule has 1 saturated heterocycles. The first-order chi connectivity index (χ1) is 9.46. The van der Waals surface area contributed by atoms with Gasteiger partial charge in [0.05, 0.1) is 0 Å². The van der Waals surface area contributed by atoms with Crippen LogP contribution in [0.25, 0.3) is 0 Å². The van der Waals surface area contributed by atoms with Gasteiger partial charge in [0.2, 0.25) is 0 Å². The van der Waals surface area contributed by atoms with E-state index in [1.54, 1.807) is 6.07 Å². The molecule has 120 valence electrons. The summed E-state index contributed by atoms with van der Waals surface area (Å²) in [6.45, 7) is 3.15. The number of likely N-dealkylation sites (tertiary alicyclic amines) is 1. The van der Waals surface area contributed by atoms with Gasteiger partial charge in [0.1, 0.15) is 5.75 Å². The fraction of sp³-hybridized carbons (Fsp3) is 0.571. The maximum atomic E-state index is 12.2. The molecule has 0 radical (unpaired) electrons. The van der Waals surface area contributed by atoms with Crippen molar-refractivity contribution in [1.82, 2.24) is 4.90 Å². The second-order valence-electron chi connectivity index (χ2n) is 5.17. The molecule has 1 heterocycles. The van der Waals surface area contributed by atoms with Crippen LogP contribution in [0.4, 0.5) is 13.2 Å². The summed E-state index contributed by atoms with van der Waals surface area (Å²) in [4.78, 5) is 2.23. The first kappa shape index (κ1) is 18.1. The second kappa shape index (κ2) is 7.87. The van der Waals surface area contributed by atoms with Gasteiger partial charge in [-0.1, -0.05) is 12.1 Å². The van der Waals surface area contributed by atoms with E-state index in [0.29, 0.717) is 19.0 Å². The van der Waals surface area contributed by atoms with Crippen LogP contribution < -0.4 is 10.5 Å². The van der Waals surface area contributed by atoms with Crippen molar-refractivity contribution in [2.75, 3.05) is 19.6 Å². The highest BCUT2D eigenvalue weighted by molar-refractivity contribution is 5.85. The molecule has 2 N–H and O–H groups in total. The third-order valence-electron chi connectivity index (χ3n) is 3.47. The molecule has 1 aliphatic heterocycles. The molecule has 1 atom stereocenters. The van der Waals surface area contributed by atoms with Gasteiger partial charge in [-0.3, -0.25) is 4.90 Å². The maximum absolute atomic E-state index is 12.2. The molecule has 1 aliphatic rings. The number of nitrogens with two attached hydrogens (primary N) is 1. The lowest BCUT2D eigenvalue weighted by molar-refractivity contribution is -0.274. The Morgan fingerprint density at radius 1 is 1.33 bits per heavy atom. The number of halogens is 4. The molecule has 1 aromatic carbocycles. The van der Waals surface area contributed by atoms with E-state index in [9.17, 15) is 13.2 Å². The Morgan fingerprint density at radius 2 is 2.10 bits per heavy atom. The number of hydrogen-bond donors (Lipinski definition) is 1. The van der Waals surface area contributed by atoms with Crippen LogP contribution in [-0.4, -0.2) is 30.9 Å². The summed E-state index contributed by atoms with van der Waals surface area (Å²) < 4.78 is 40.5. The van der Waals surface area contributed by atoms with Gasteiger partial charge in [-0.25, -0.2) is 0 Å². The van der Waals surface area contributed by atoms with E-state index < -0.39 is 6.36 Å². The lowest BCUT2D eigenvalue weighted by Gasteiger charge is -2.32. The minimum atomic E-state index is -4.64. The molecule has 0 bridgehead atoms. The van der Waals surface area contributed by atoms with Crippen LogP contribution in [0.2, 0.25) is 0 Å². The van der Waals surface area contributed by atoms with E-state index in [4.69, 9.17) is 5.73 Å². The Hall–Kier alpha value is -0.980. The zero-order chi connectivity index (χ0) is 14.6. The van der Waals surface area contributed by atoms with Crippen LogP contribution >= 0.6 is 12.4 Å². The predicted octanol–water partition coefficient (Wildman–Crippen LogP) is 3.18. The molecular formula is C14H20ClF3N2O. The van der Waals surface area contributed by atoms with Gasteiger partial charge in [0, 0.05) is 13.1 Å². The van der Waals surface area contributed by atoms with Gasteiger partial charge in [-0.15, -0.1) is 25.6 Å². The Labute approximate surface area is 128 Å². The average Bonchev–Trinajstić information content (AvgIpc) is 2.37. The minimum absolute atomic E-state index is 0. The average molecular weight is 325 g/mol. The molecular weight excluding hydrogens is 305 g/mol. The van der Waals surface area contributed by atoms with Crippen molar-refractivity contribution >= 4 is 12.4 Å². The smallest absolute Gasteiger partial charge is 0.406 e. The van der Waals surface area contributed by atoms with Crippen molar-refractivity contribution in [2.45, 2.75) is 25.7 Å². The van der Waals surface area contributed by atoms with Gasteiger partial charge in [-0.2, -0.15) is 0 Å². The van der Waals surface area contributed by atoms with E-state index in [2.05, 4.69) is 9.64 Å². The van der Waals surface area contributed by atoms with E-state index in [-0.39, 0.29) is 18.2 Å². The summed E-state index contributed by atoms with van der Waals surface area (Å²) in [5.41, 5.74) is 6.50. The van der Waals surface area contributed by atoms with Gasteiger partial charge >= 0.3 is 6.36 Å². The normalized spacial score (nSPS) is 19.9.